The number of hydrogen-bond acceptors (Lipinski definition) is 2. The summed E-state index contributed by atoms with van der Waals surface area (Å²) in [6, 6.07) is 6.87. The predicted molar refractivity (Wildman–Crippen MR) is 79.9 cm³/mol. The number of rotatable bonds is 3. The van der Waals surface area contributed by atoms with Crippen molar-refractivity contribution >= 4 is 11.6 Å². The van der Waals surface area contributed by atoms with Gasteiger partial charge < -0.3 is 9.80 Å². The van der Waals surface area contributed by atoms with Gasteiger partial charge in [-0.05, 0) is 38.9 Å². The normalized spacial score (nSPS) is 16.6. The molecule has 0 unspecified atom stereocenters. The van der Waals surface area contributed by atoms with Gasteiger partial charge in [-0.2, -0.15) is 0 Å². The van der Waals surface area contributed by atoms with E-state index in [9.17, 15) is 4.79 Å². The standard InChI is InChI=1S/C16H21N3O/c1-17-15-6-4-14(5-7-15)16(20)19(3)12-13-8-10-18(2)11-9-13/h4-7,13H,8-12H2,2-3H3. The summed E-state index contributed by atoms with van der Waals surface area (Å²) in [4.78, 5) is 19.8. The molecular weight excluding hydrogens is 250 g/mol. The summed E-state index contributed by atoms with van der Waals surface area (Å²) in [7, 11) is 4.01. The lowest BCUT2D eigenvalue weighted by atomic mass is 9.96. The van der Waals surface area contributed by atoms with Gasteiger partial charge in [0.25, 0.3) is 5.91 Å². The lowest BCUT2D eigenvalue weighted by Crippen LogP contribution is -2.37. The Morgan fingerprint density at radius 3 is 2.50 bits per heavy atom. The summed E-state index contributed by atoms with van der Waals surface area (Å²) in [5.74, 6) is 0.642. The molecule has 1 aromatic rings. The second-order valence-electron chi connectivity index (χ2n) is 5.59. The van der Waals surface area contributed by atoms with Crippen molar-refractivity contribution in [1.29, 1.82) is 0 Å². The maximum absolute atomic E-state index is 12.3. The Labute approximate surface area is 120 Å². The third-order valence-corrected chi connectivity index (χ3v) is 3.96. The number of benzene rings is 1. The summed E-state index contributed by atoms with van der Waals surface area (Å²) >= 11 is 0. The van der Waals surface area contributed by atoms with Gasteiger partial charge in [-0.3, -0.25) is 4.79 Å². The van der Waals surface area contributed by atoms with Crippen LogP contribution >= 0.6 is 0 Å². The molecule has 0 radical (unpaired) electrons. The average molecular weight is 271 g/mol. The third kappa shape index (κ3) is 3.58. The third-order valence-electron chi connectivity index (χ3n) is 3.96. The Bertz CT molecular complexity index is 495. The highest BCUT2D eigenvalue weighted by Gasteiger charge is 2.20. The Morgan fingerprint density at radius 1 is 1.35 bits per heavy atom. The van der Waals surface area contributed by atoms with Gasteiger partial charge in [0.1, 0.15) is 0 Å². The molecule has 2 rings (SSSR count). The molecule has 0 atom stereocenters. The molecule has 1 amide bonds. The van der Waals surface area contributed by atoms with Crippen molar-refractivity contribution in [2.75, 3.05) is 33.7 Å². The van der Waals surface area contributed by atoms with Crippen molar-refractivity contribution in [3.05, 3.63) is 41.2 Å². The van der Waals surface area contributed by atoms with Gasteiger partial charge in [0.2, 0.25) is 0 Å². The van der Waals surface area contributed by atoms with Crippen LogP contribution in [0.3, 0.4) is 0 Å². The predicted octanol–water partition coefficient (Wildman–Crippen LogP) is 2.65. The van der Waals surface area contributed by atoms with Crippen LogP contribution in [0.15, 0.2) is 24.3 Å². The van der Waals surface area contributed by atoms with Gasteiger partial charge in [0.15, 0.2) is 5.69 Å². The van der Waals surface area contributed by atoms with Crippen LogP contribution in [0.5, 0.6) is 0 Å². The van der Waals surface area contributed by atoms with Crippen molar-refractivity contribution in [3.63, 3.8) is 0 Å². The fourth-order valence-electron chi connectivity index (χ4n) is 2.61. The van der Waals surface area contributed by atoms with Crippen LogP contribution in [0.4, 0.5) is 5.69 Å². The number of carbonyl (C=O) groups excluding carboxylic acids is 1. The minimum atomic E-state index is 0.0421. The van der Waals surface area contributed by atoms with E-state index >= 15 is 0 Å². The number of hydrogen-bond donors (Lipinski definition) is 0. The Kier molecular flexibility index (Phi) is 4.75. The Balaban J connectivity index is 1.92. The first-order chi connectivity index (χ1) is 9.60. The van der Waals surface area contributed by atoms with Gasteiger partial charge in [-0.25, -0.2) is 4.85 Å². The topological polar surface area (TPSA) is 27.9 Å². The number of nitrogens with zero attached hydrogens (tertiary/aromatic N) is 3. The highest BCUT2D eigenvalue weighted by Crippen LogP contribution is 2.18. The maximum atomic E-state index is 12.3. The molecule has 106 valence electrons. The summed E-state index contributed by atoms with van der Waals surface area (Å²) in [5, 5.41) is 0. The van der Waals surface area contributed by atoms with Crippen molar-refractivity contribution in [3.8, 4) is 0 Å². The number of piperidine rings is 1. The SMILES string of the molecule is [C-]#[N+]c1ccc(C(=O)N(C)CC2CCN(C)CC2)cc1. The Hall–Kier alpha value is -1.86. The van der Waals surface area contributed by atoms with Crippen molar-refractivity contribution < 1.29 is 4.79 Å². The van der Waals surface area contributed by atoms with E-state index in [1.54, 1.807) is 24.3 Å². The van der Waals surface area contributed by atoms with Gasteiger partial charge >= 0.3 is 0 Å². The molecule has 0 bridgehead atoms. The van der Waals surface area contributed by atoms with Crippen molar-refractivity contribution in [2.45, 2.75) is 12.8 Å². The fraction of sp³-hybridized carbons (Fsp3) is 0.500. The van der Waals surface area contributed by atoms with Crippen molar-refractivity contribution in [1.82, 2.24) is 9.80 Å². The second-order valence-corrected chi connectivity index (χ2v) is 5.59. The maximum Gasteiger partial charge on any atom is 0.253 e. The van der Waals surface area contributed by atoms with Crippen molar-refractivity contribution in [2.24, 2.45) is 5.92 Å². The minimum absolute atomic E-state index is 0.0421. The molecule has 1 aliphatic rings. The molecule has 1 aromatic carbocycles. The second kappa shape index (κ2) is 6.53. The summed E-state index contributed by atoms with van der Waals surface area (Å²) in [6.45, 7) is 9.97. The minimum Gasteiger partial charge on any atom is -0.341 e. The summed E-state index contributed by atoms with van der Waals surface area (Å²) < 4.78 is 0. The lowest BCUT2D eigenvalue weighted by Gasteiger charge is -2.31. The molecule has 0 spiro atoms. The van der Waals surface area contributed by atoms with Crippen LogP contribution in [0.1, 0.15) is 23.2 Å². The fourth-order valence-corrected chi connectivity index (χ4v) is 2.61. The zero-order valence-corrected chi connectivity index (χ0v) is 12.2. The molecule has 1 saturated heterocycles. The quantitative estimate of drug-likeness (QED) is 0.791. The Morgan fingerprint density at radius 2 is 1.95 bits per heavy atom. The van der Waals surface area contributed by atoms with Crippen LogP contribution in [0.25, 0.3) is 4.85 Å². The van der Waals surface area contributed by atoms with Crippen LogP contribution in [-0.4, -0.2) is 49.4 Å². The number of carbonyl (C=O) groups is 1. The average Bonchev–Trinajstić information content (AvgIpc) is 2.49. The molecular formula is C16H21N3O. The highest BCUT2D eigenvalue weighted by atomic mass is 16.2. The van der Waals surface area contributed by atoms with E-state index in [-0.39, 0.29) is 5.91 Å². The first kappa shape index (κ1) is 14.5. The lowest BCUT2D eigenvalue weighted by molar-refractivity contribution is 0.0747. The number of likely N-dealkylation sites (tertiary alicyclic amines) is 1. The van der Waals surface area contributed by atoms with E-state index < -0.39 is 0 Å². The van der Waals surface area contributed by atoms with Gasteiger partial charge in [0.05, 0.1) is 6.57 Å². The van der Waals surface area contributed by atoms with Gasteiger partial charge in [-0.15, -0.1) is 0 Å². The zero-order valence-electron chi connectivity index (χ0n) is 12.2. The molecule has 1 aliphatic heterocycles. The van der Waals surface area contributed by atoms with Gasteiger partial charge in [-0.1, -0.05) is 24.3 Å². The van der Waals surface area contributed by atoms with Crippen LogP contribution in [0, 0.1) is 12.5 Å². The number of amides is 1. The zero-order chi connectivity index (χ0) is 14.5. The first-order valence-electron chi connectivity index (χ1n) is 7.01. The molecule has 4 heteroatoms. The van der Waals surface area contributed by atoms with Crippen LogP contribution in [0.2, 0.25) is 0 Å². The molecule has 1 heterocycles. The van der Waals surface area contributed by atoms with Crippen LogP contribution < -0.4 is 0 Å². The summed E-state index contributed by atoms with van der Waals surface area (Å²) in [6.07, 6.45) is 2.32. The largest absolute Gasteiger partial charge is 0.341 e. The van der Waals surface area contributed by atoms with E-state index in [1.807, 2.05) is 11.9 Å². The molecule has 4 nitrogen and oxygen atoms in total. The van der Waals surface area contributed by atoms with E-state index in [0.29, 0.717) is 17.2 Å². The molecule has 0 saturated carbocycles. The van der Waals surface area contributed by atoms with E-state index in [0.717, 1.165) is 32.5 Å². The summed E-state index contributed by atoms with van der Waals surface area (Å²) in [5.41, 5.74) is 1.23. The van der Waals surface area contributed by atoms with E-state index in [2.05, 4.69) is 16.8 Å². The molecule has 0 N–H and O–H groups in total. The molecule has 0 aliphatic carbocycles. The highest BCUT2D eigenvalue weighted by molar-refractivity contribution is 5.94. The molecule has 1 fully saturated rings. The van der Waals surface area contributed by atoms with E-state index in [4.69, 9.17) is 6.57 Å². The molecule has 20 heavy (non-hydrogen) atoms. The van der Waals surface area contributed by atoms with E-state index in [1.165, 1.54) is 0 Å². The first-order valence-corrected chi connectivity index (χ1v) is 7.01. The van der Waals surface area contributed by atoms with Gasteiger partial charge in [0, 0.05) is 19.2 Å². The van der Waals surface area contributed by atoms with Crippen LogP contribution in [-0.2, 0) is 0 Å². The smallest absolute Gasteiger partial charge is 0.253 e. The monoisotopic (exact) mass is 271 g/mol. The molecule has 0 aromatic heterocycles.